The van der Waals surface area contributed by atoms with Crippen molar-refractivity contribution in [3.63, 3.8) is 0 Å². The second kappa shape index (κ2) is 8.94. The van der Waals surface area contributed by atoms with E-state index in [0.29, 0.717) is 17.0 Å². The molecule has 5 heteroatoms. The van der Waals surface area contributed by atoms with Crippen LogP contribution in [0.25, 0.3) is 5.76 Å². The summed E-state index contributed by atoms with van der Waals surface area (Å²) in [4.78, 5) is 27.9. The Hall–Kier alpha value is -3.86. The van der Waals surface area contributed by atoms with Gasteiger partial charge in [-0.25, -0.2) is 0 Å². The first-order valence-electron chi connectivity index (χ1n) is 11.0. The van der Waals surface area contributed by atoms with Crippen LogP contribution in [-0.2, 0) is 9.59 Å². The number of nitrogens with zero attached hydrogens (tertiary/aromatic N) is 1. The van der Waals surface area contributed by atoms with E-state index in [0.717, 1.165) is 16.7 Å². The van der Waals surface area contributed by atoms with Crippen molar-refractivity contribution in [2.45, 2.75) is 39.8 Å². The fourth-order valence-corrected chi connectivity index (χ4v) is 4.05. The molecular weight excluding hydrogens is 414 g/mol. The van der Waals surface area contributed by atoms with Gasteiger partial charge in [-0.05, 0) is 74.7 Å². The maximum atomic E-state index is 13.2. The predicted molar refractivity (Wildman–Crippen MR) is 129 cm³/mol. The van der Waals surface area contributed by atoms with Gasteiger partial charge in [0, 0.05) is 11.3 Å². The summed E-state index contributed by atoms with van der Waals surface area (Å²) < 4.78 is 5.71. The summed E-state index contributed by atoms with van der Waals surface area (Å²) in [7, 11) is 0. The van der Waals surface area contributed by atoms with Crippen LogP contribution in [0.5, 0.6) is 5.75 Å². The molecular formula is C28H27NO4. The highest BCUT2D eigenvalue weighted by molar-refractivity contribution is 6.51. The van der Waals surface area contributed by atoms with Crippen LogP contribution in [-0.4, -0.2) is 22.9 Å². The average molecular weight is 442 g/mol. The SMILES string of the molecule is Cc1ccc(/C(O)=C2/C(=O)C(=O)N(c3ccc(OC(C)C)cc3)C2c2ccccc2)cc1C. The molecule has 1 saturated heterocycles. The van der Waals surface area contributed by atoms with Crippen molar-refractivity contribution in [1.29, 1.82) is 0 Å². The van der Waals surface area contributed by atoms with E-state index in [1.54, 1.807) is 30.3 Å². The summed E-state index contributed by atoms with van der Waals surface area (Å²) in [6.45, 7) is 7.80. The van der Waals surface area contributed by atoms with E-state index in [1.165, 1.54) is 4.90 Å². The molecule has 0 spiro atoms. The summed E-state index contributed by atoms with van der Waals surface area (Å²) >= 11 is 0. The van der Waals surface area contributed by atoms with Gasteiger partial charge in [0.05, 0.1) is 17.7 Å². The minimum atomic E-state index is -0.746. The fourth-order valence-electron chi connectivity index (χ4n) is 4.05. The highest BCUT2D eigenvalue weighted by atomic mass is 16.5. The van der Waals surface area contributed by atoms with Crippen LogP contribution in [0.1, 0.15) is 42.1 Å². The van der Waals surface area contributed by atoms with Crippen LogP contribution in [0.15, 0.2) is 78.4 Å². The summed E-state index contributed by atoms with van der Waals surface area (Å²) in [6, 6.07) is 21.1. The second-order valence-corrected chi connectivity index (χ2v) is 8.54. The molecule has 1 atom stereocenters. The Morgan fingerprint density at radius 3 is 2.18 bits per heavy atom. The quantitative estimate of drug-likeness (QED) is 0.313. The van der Waals surface area contributed by atoms with Crippen molar-refractivity contribution < 1.29 is 19.4 Å². The molecule has 0 saturated carbocycles. The number of ether oxygens (including phenoxy) is 1. The van der Waals surface area contributed by atoms with Gasteiger partial charge in [0.1, 0.15) is 11.5 Å². The third-order valence-corrected chi connectivity index (χ3v) is 5.83. The van der Waals surface area contributed by atoms with Gasteiger partial charge in [0.15, 0.2) is 0 Å². The molecule has 3 aromatic carbocycles. The molecule has 1 fully saturated rings. The zero-order chi connectivity index (χ0) is 23.7. The number of benzene rings is 3. The Morgan fingerprint density at radius 2 is 1.58 bits per heavy atom. The molecule has 0 aliphatic carbocycles. The topological polar surface area (TPSA) is 66.8 Å². The van der Waals surface area contributed by atoms with E-state index in [1.807, 2.05) is 70.2 Å². The van der Waals surface area contributed by atoms with Crippen molar-refractivity contribution in [1.82, 2.24) is 0 Å². The number of anilines is 1. The summed E-state index contributed by atoms with van der Waals surface area (Å²) in [5, 5.41) is 11.2. The van der Waals surface area contributed by atoms with Gasteiger partial charge >= 0.3 is 0 Å². The first-order chi connectivity index (χ1) is 15.8. The molecule has 1 aliphatic rings. The number of carbonyl (C=O) groups excluding carboxylic acids is 2. The van der Waals surface area contributed by atoms with E-state index >= 15 is 0 Å². The Bertz CT molecular complexity index is 1230. The van der Waals surface area contributed by atoms with E-state index < -0.39 is 17.7 Å². The van der Waals surface area contributed by atoms with E-state index in [2.05, 4.69) is 0 Å². The predicted octanol–water partition coefficient (Wildman–Crippen LogP) is 5.72. The lowest BCUT2D eigenvalue weighted by molar-refractivity contribution is -0.132. The lowest BCUT2D eigenvalue weighted by Crippen LogP contribution is -2.29. The lowest BCUT2D eigenvalue weighted by atomic mass is 9.94. The molecule has 168 valence electrons. The monoisotopic (exact) mass is 441 g/mol. The van der Waals surface area contributed by atoms with E-state index in [9.17, 15) is 14.7 Å². The summed E-state index contributed by atoms with van der Waals surface area (Å²) in [5.41, 5.74) is 3.96. The number of rotatable bonds is 5. The largest absolute Gasteiger partial charge is 0.507 e. The molecule has 3 aromatic rings. The van der Waals surface area contributed by atoms with Crippen molar-refractivity contribution in [2.24, 2.45) is 0 Å². The van der Waals surface area contributed by atoms with Crippen LogP contribution >= 0.6 is 0 Å². The average Bonchev–Trinajstić information content (AvgIpc) is 3.06. The maximum absolute atomic E-state index is 13.2. The Labute approximate surface area is 193 Å². The maximum Gasteiger partial charge on any atom is 0.300 e. The molecule has 1 amide bonds. The molecule has 5 nitrogen and oxygen atoms in total. The highest BCUT2D eigenvalue weighted by Gasteiger charge is 2.46. The normalized spacial score (nSPS) is 17.6. The second-order valence-electron chi connectivity index (χ2n) is 8.54. The molecule has 1 unspecified atom stereocenters. The van der Waals surface area contributed by atoms with Crippen molar-refractivity contribution in [3.05, 3.63) is 101 Å². The van der Waals surface area contributed by atoms with Crippen LogP contribution in [0.2, 0.25) is 0 Å². The Morgan fingerprint density at radius 1 is 0.909 bits per heavy atom. The first-order valence-corrected chi connectivity index (χ1v) is 11.0. The fraction of sp³-hybridized carbons (Fsp3) is 0.214. The Kier molecular flexibility index (Phi) is 6.05. The molecule has 33 heavy (non-hydrogen) atoms. The van der Waals surface area contributed by atoms with Crippen LogP contribution in [0.4, 0.5) is 5.69 Å². The molecule has 0 bridgehead atoms. The number of ketones is 1. The highest BCUT2D eigenvalue weighted by Crippen LogP contribution is 2.42. The number of amides is 1. The van der Waals surface area contributed by atoms with Crippen molar-refractivity contribution >= 4 is 23.1 Å². The van der Waals surface area contributed by atoms with Crippen LogP contribution in [0.3, 0.4) is 0 Å². The minimum absolute atomic E-state index is 0.0207. The van der Waals surface area contributed by atoms with Crippen LogP contribution < -0.4 is 9.64 Å². The van der Waals surface area contributed by atoms with Gasteiger partial charge in [-0.1, -0.05) is 42.5 Å². The van der Waals surface area contributed by atoms with Gasteiger partial charge < -0.3 is 9.84 Å². The van der Waals surface area contributed by atoms with Gasteiger partial charge in [-0.3, -0.25) is 14.5 Å². The zero-order valence-corrected chi connectivity index (χ0v) is 19.2. The number of carbonyl (C=O) groups is 2. The Balaban J connectivity index is 1.86. The van der Waals surface area contributed by atoms with Gasteiger partial charge in [-0.15, -0.1) is 0 Å². The first kappa shape index (κ1) is 22.3. The third kappa shape index (κ3) is 4.27. The molecule has 4 rings (SSSR count). The number of aliphatic hydroxyl groups is 1. The standard InChI is InChI=1S/C28H27NO4/c1-17(2)33-23-14-12-22(13-15-23)29-25(20-8-6-5-7-9-20)24(27(31)28(29)32)26(30)21-11-10-18(3)19(4)16-21/h5-17,25,30H,1-4H3/b26-24-. The van der Waals surface area contributed by atoms with Gasteiger partial charge in [-0.2, -0.15) is 0 Å². The minimum Gasteiger partial charge on any atom is -0.507 e. The molecule has 1 aliphatic heterocycles. The van der Waals surface area contributed by atoms with Gasteiger partial charge in [0.2, 0.25) is 0 Å². The smallest absolute Gasteiger partial charge is 0.300 e. The van der Waals surface area contributed by atoms with Crippen LogP contribution in [0, 0.1) is 13.8 Å². The number of aliphatic hydroxyl groups excluding tert-OH is 1. The van der Waals surface area contributed by atoms with Crippen molar-refractivity contribution in [2.75, 3.05) is 4.90 Å². The number of Topliss-reactive ketones (excluding diaryl/α,β-unsaturated/α-hetero) is 1. The van der Waals surface area contributed by atoms with E-state index in [-0.39, 0.29) is 17.4 Å². The lowest BCUT2D eigenvalue weighted by Gasteiger charge is -2.25. The van der Waals surface area contributed by atoms with E-state index in [4.69, 9.17) is 4.74 Å². The molecule has 0 aromatic heterocycles. The molecule has 1 N–H and O–H groups in total. The number of hydrogen-bond donors (Lipinski definition) is 1. The van der Waals surface area contributed by atoms with Gasteiger partial charge in [0.25, 0.3) is 11.7 Å². The number of hydrogen-bond acceptors (Lipinski definition) is 4. The summed E-state index contributed by atoms with van der Waals surface area (Å²) in [6.07, 6.45) is 0.0207. The third-order valence-electron chi connectivity index (χ3n) is 5.83. The number of aryl methyl sites for hydroxylation is 2. The zero-order valence-electron chi connectivity index (χ0n) is 19.2. The molecule has 1 heterocycles. The van der Waals surface area contributed by atoms with Crippen molar-refractivity contribution in [3.8, 4) is 5.75 Å². The summed E-state index contributed by atoms with van der Waals surface area (Å²) in [5.74, 6) is -0.877. The molecule has 0 radical (unpaired) electrons.